The van der Waals surface area contributed by atoms with Gasteiger partial charge in [0.2, 0.25) is 0 Å². The van der Waals surface area contributed by atoms with Crippen LogP contribution < -0.4 is 0 Å². The fraction of sp³-hybridized carbons (Fsp3) is 0.583. The molecule has 6 nitrogen and oxygen atoms in total. The van der Waals surface area contributed by atoms with E-state index in [-0.39, 0.29) is 17.2 Å². The smallest absolute Gasteiger partial charge is 0.123 e. The number of H-pyrrole nitrogens is 1. The zero-order valence-electron chi connectivity index (χ0n) is 24.7. The van der Waals surface area contributed by atoms with Crippen LogP contribution in [0.2, 0.25) is 0 Å². The van der Waals surface area contributed by atoms with Gasteiger partial charge in [-0.15, -0.1) is 0 Å². The largest absolute Gasteiger partial charge is 0.384 e. The number of hydrogen-bond acceptors (Lipinski definition) is 5. The zero-order chi connectivity index (χ0) is 27.9. The second-order valence-corrected chi connectivity index (χ2v) is 14.3. The van der Waals surface area contributed by atoms with Gasteiger partial charge in [0, 0.05) is 41.0 Å². The van der Waals surface area contributed by atoms with Gasteiger partial charge in [-0.1, -0.05) is 30.4 Å². The first kappa shape index (κ1) is 25.9. The highest BCUT2D eigenvalue weighted by Crippen LogP contribution is 2.66. The minimum absolute atomic E-state index is 0.0643. The minimum Gasteiger partial charge on any atom is -0.384 e. The van der Waals surface area contributed by atoms with Crippen molar-refractivity contribution in [2.45, 2.75) is 94.1 Å². The maximum atomic E-state index is 13.2. The van der Waals surface area contributed by atoms with Crippen molar-refractivity contribution in [2.24, 2.45) is 11.3 Å². The Labute approximate surface area is 248 Å². The fourth-order valence-corrected chi connectivity index (χ4v) is 10.6. The molecule has 2 spiro atoms. The van der Waals surface area contributed by atoms with E-state index in [1.165, 1.54) is 29.2 Å². The van der Waals surface area contributed by atoms with Crippen LogP contribution in [-0.4, -0.2) is 74.5 Å². The lowest BCUT2D eigenvalue weighted by atomic mass is 9.54. The molecule has 42 heavy (non-hydrogen) atoms. The Morgan fingerprint density at radius 3 is 2.83 bits per heavy atom. The van der Waals surface area contributed by atoms with Crippen molar-refractivity contribution in [1.82, 2.24) is 19.8 Å². The third-order valence-corrected chi connectivity index (χ3v) is 12.0. The highest BCUT2D eigenvalue weighted by atomic mass is 16.5. The molecule has 7 atom stereocenters. The lowest BCUT2D eigenvalue weighted by Crippen LogP contribution is -2.66. The van der Waals surface area contributed by atoms with Crippen molar-refractivity contribution < 1.29 is 9.84 Å². The van der Waals surface area contributed by atoms with Crippen molar-refractivity contribution in [3.05, 3.63) is 60.5 Å². The van der Waals surface area contributed by atoms with Gasteiger partial charge in [0.15, 0.2) is 0 Å². The Hall–Kier alpha value is -2.51. The Morgan fingerprint density at radius 2 is 1.86 bits per heavy atom. The van der Waals surface area contributed by atoms with E-state index in [9.17, 15) is 5.11 Å². The molecular formula is C36H44N4O2. The molecule has 7 heterocycles. The Kier molecular flexibility index (Phi) is 5.86. The van der Waals surface area contributed by atoms with Crippen LogP contribution in [0.25, 0.3) is 27.4 Å². The number of hydrogen-bond donors (Lipinski definition) is 2. The van der Waals surface area contributed by atoms with Crippen molar-refractivity contribution in [2.75, 3.05) is 26.2 Å². The normalized spacial score (nSPS) is 40.2. The van der Waals surface area contributed by atoms with Gasteiger partial charge in [-0.3, -0.25) is 9.88 Å². The number of aromatic nitrogens is 2. The van der Waals surface area contributed by atoms with Crippen molar-refractivity contribution in [1.29, 1.82) is 0 Å². The first-order valence-electron chi connectivity index (χ1n) is 16.7. The van der Waals surface area contributed by atoms with E-state index in [0.717, 1.165) is 101 Å². The third kappa shape index (κ3) is 3.68. The second kappa shape index (κ2) is 9.49. The molecule has 0 radical (unpaired) electrons. The van der Waals surface area contributed by atoms with Gasteiger partial charge in [-0.25, -0.2) is 0 Å². The van der Waals surface area contributed by atoms with Gasteiger partial charge in [0.1, 0.15) is 5.72 Å². The molecule has 5 aliphatic heterocycles. The summed E-state index contributed by atoms with van der Waals surface area (Å²) in [5, 5.41) is 15.7. The molecule has 2 aromatic heterocycles. The molecule has 0 amide bonds. The average Bonchev–Trinajstić information content (AvgIpc) is 3.61. The molecule has 1 aromatic carbocycles. The van der Waals surface area contributed by atoms with E-state index in [2.05, 4.69) is 63.3 Å². The summed E-state index contributed by atoms with van der Waals surface area (Å²) >= 11 is 0. The summed E-state index contributed by atoms with van der Waals surface area (Å²) in [5.74, 6) is 0.341. The maximum absolute atomic E-state index is 13.2. The van der Waals surface area contributed by atoms with Crippen LogP contribution in [0.1, 0.15) is 76.3 Å². The van der Waals surface area contributed by atoms with Gasteiger partial charge < -0.3 is 19.7 Å². The molecule has 9 rings (SSSR count). The summed E-state index contributed by atoms with van der Waals surface area (Å²) in [5.41, 5.74) is 3.32. The number of rotatable bonds is 1. The predicted molar refractivity (Wildman–Crippen MR) is 167 cm³/mol. The van der Waals surface area contributed by atoms with E-state index in [0.29, 0.717) is 12.0 Å². The summed E-state index contributed by atoms with van der Waals surface area (Å²) in [6.45, 7) is 4.35. The number of allylic oxidation sites excluding steroid dienone is 3. The van der Waals surface area contributed by atoms with Crippen LogP contribution in [0.15, 0.2) is 54.8 Å². The van der Waals surface area contributed by atoms with E-state index in [4.69, 9.17) is 9.72 Å². The van der Waals surface area contributed by atoms with Crippen LogP contribution in [0.5, 0.6) is 0 Å². The zero-order valence-corrected chi connectivity index (χ0v) is 24.7. The minimum atomic E-state index is -0.946. The van der Waals surface area contributed by atoms with Crippen LogP contribution >= 0.6 is 0 Å². The number of para-hydroxylation sites is 1. The molecule has 4 saturated heterocycles. The van der Waals surface area contributed by atoms with Gasteiger partial charge in [-0.05, 0) is 113 Å². The number of benzene rings is 1. The molecule has 1 aliphatic carbocycles. The molecule has 4 fully saturated rings. The Morgan fingerprint density at radius 1 is 0.929 bits per heavy atom. The topological polar surface area (TPSA) is 64.6 Å². The van der Waals surface area contributed by atoms with Crippen molar-refractivity contribution in [3.8, 4) is 0 Å². The van der Waals surface area contributed by atoms with Crippen LogP contribution in [0.4, 0.5) is 0 Å². The number of pyridine rings is 1. The lowest BCUT2D eigenvalue weighted by molar-refractivity contribution is -0.145. The number of fused-ring (bicyclic) bond motifs is 5. The summed E-state index contributed by atoms with van der Waals surface area (Å²) in [4.78, 5) is 14.3. The van der Waals surface area contributed by atoms with Gasteiger partial charge in [0.05, 0.1) is 29.0 Å². The number of piperidine rings is 1. The number of aromatic amines is 1. The van der Waals surface area contributed by atoms with Crippen LogP contribution in [0, 0.1) is 11.3 Å². The molecule has 220 valence electrons. The highest BCUT2D eigenvalue weighted by molar-refractivity contribution is 6.09. The van der Waals surface area contributed by atoms with E-state index in [1.54, 1.807) is 0 Å². The second-order valence-electron chi connectivity index (χ2n) is 14.3. The summed E-state index contributed by atoms with van der Waals surface area (Å²) in [7, 11) is 0. The van der Waals surface area contributed by atoms with Gasteiger partial charge >= 0.3 is 0 Å². The number of aliphatic hydroxyl groups is 1. The monoisotopic (exact) mass is 564 g/mol. The molecule has 2 N–H and O–H groups in total. The van der Waals surface area contributed by atoms with Gasteiger partial charge in [0.25, 0.3) is 0 Å². The van der Waals surface area contributed by atoms with Crippen LogP contribution in [-0.2, 0) is 4.74 Å². The van der Waals surface area contributed by atoms with Crippen LogP contribution in [0.3, 0.4) is 0 Å². The quantitative estimate of drug-likeness (QED) is 0.334. The van der Waals surface area contributed by atoms with Crippen molar-refractivity contribution >= 4 is 27.4 Å². The van der Waals surface area contributed by atoms with E-state index >= 15 is 0 Å². The number of nitrogens with zero attached hydrogens (tertiary/aromatic N) is 3. The molecular weight excluding hydrogens is 520 g/mol. The third-order valence-electron chi connectivity index (χ3n) is 12.0. The van der Waals surface area contributed by atoms with Crippen molar-refractivity contribution in [3.63, 3.8) is 0 Å². The first-order chi connectivity index (χ1) is 20.6. The average molecular weight is 565 g/mol. The first-order valence-corrected chi connectivity index (χ1v) is 16.7. The molecule has 2 unspecified atom stereocenters. The molecule has 0 saturated carbocycles. The van der Waals surface area contributed by atoms with E-state index < -0.39 is 5.60 Å². The highest BCUT2D eigenvalue weighted by Gasteiger charge is 2.71. The van der Waals surface area contributed by atoms with E-state index in [1.807, 2.05) is 6.20 Å². The molecule has 5 bridgehead atoms. The predicted octanol–water partition coefficient (Wildman–Crippen LogP) is 6.42. The Balaban J connectivity index is 1.27. The van der Waals surface area contributed by atoms with Gasteiger partial charge in [-0.2, -0.15) is 0 Å². The molecule has 6 heteroatoms. The lowest BCUT2D eigenvalue weighted by Gasteiger charge is -2.58. The maximum Gasteiger partial charge on any atom is 0.123 e. The summed E-state index contributed by atoms with van der Waals surface area (Å²) < 4.78 is 7.08. The molecule has 3 aromatic rings. The number of ether oxygens (including phenoxy) is 1. The standard InChI is InChI=1S/C36H44N4O2/c41-35-16-7-3-1-2-4-8-19-39-21-15-29(34(24-39)23-36-17-13-25(42-36)10-9-20-40(36)33(34)35)28(22-35)31-32-27(14-18-37-31)26-11-5-6-12-30(26)38-32/h1,3,5-6,11-12,14,18,22,25,29,33,38,41H,2,4,7-10,13,15-17,19-21,23-24H2/t25-,29?,33+,34-,35-,36+/m0/s1. The SMILES string of the molecule is O[C@]12C=C(c3nccc4c3[nH]c3ccccc34)C3CCN(CCCCC=CCC1)C[C@@]31C[C@]34CC[C@H](CCCN3[C@H]12)O4. The Bertz CT molecular complexity index is 1590. The summed E-state index contributed by atoms with van der Waals surface area (Å²) in [6.07, 6.45) is 21.3. The molecule has 6 aliphatic rings. The number of nitrogens with one attached hydrogen (secondary N) is 1. The summed E-state index contributed by atoms with van der Waals surface area (Å²) in [6, 6.07) is 10.8. The fourth-order valence-electron chi connectivity index (χ4n) is 10.6.